The summed E-state index contributed by atoms with van der Waals surface area (Å²) in [6.07, 6.45) is 4.13. The average molecular weight is 257 g/mol. The molecule has 0 radical (unpaired) electrons. The second-order valence-electron chi connectivity index (χ2n) is 5.90. The van der Waals surface area contributed by atoms with Crippen LogP contribution in [0.5, 0.6) is 0 Å². The van der Waals surface area contributed by atoms with Gasteiger partial charge in [0.15, 0.2) is 0 Å². The molecule has 2 heterocycles. The van der Waals surface area contributed by atoms with Gasteiger partial charge in [-0.15, -0.1) is 0 Å². The van der Waals surface area contributed by atoms with Crippen molar-refractivity contribution in [2.24, 2.45) is 5.92 Å². The zero-order valence-corrected chi connectivity index (χ0v) is 11.9. The molecule has 98 valence electrons. The highest BCUT2D eigenvalue weighted by Crippen LogP contribution is 2.27. The van der Waals surface area contributed by atoms with E-state index >= 15 is 0 Å². The quantitative estimate of drug-likeness (QED) is 0.766. The van der Waals surface area contributed by atoms with Crippen LogP contribution in [-0.4, -0.2) is 48.1 Å². The van der Waals surface area contributed by atoms with Crippen molar-refractivity contribution in [3.8, 4) is 0 Å². The minimum atomic E-state index is 0.639. The van der Waals surface area contributed by atoms with Crippen LogP contribution in [-0.2, 0) is 0 Å². The molecule has 2 rings (SSSR count). The van der Waals surface area contributed by atoms with Gasteiger partial charge in [0.25, 0.3) is 0 Å². The minimum Gasteiger partial charge on any atom is -0.298 e. The van der Waals surface area contributed by atoms with E-state index in [0.717, 1.165) is 17.6 Å². The molecule has 17 heavy (non-hydrogen) atoms. The second kappa shape index (κ2) is 5.73. The molecule has 2 aliphatic heterocycles. The molecular formula is C14H25ClN2. The van der Waals surface area contributed by atoms with Crippen molar-refractivity contribution < 1.29 is 0 Å². The number of rotatable bonds is 3. The van der Waals surface area contributed by atoms with Crippen molar-refractivity contribution in [1.29, 1.82) is 0 Å². The zero-order valence-electron chi connectivity index (χ0n) is 11.2. The zero-order chi connectivity index (χ0) is 12.4. The fourth-order valence-electron chi connectivity index (χ4n) is 3.30. The van der Waals surface area contributed by atoms with Crippen LogP contribution in [0, 0.1) is 5.92 Å². The van der Waals surface area contributed by atoms with Gasteiger partial charge in [0.1, 0.15) is 0 Å². The van der Waals surface area contributed by atoms with Crippen molar-refractivity contribution in [3.63, 3.8) is 0 Å². The maximum Gasteiger partial charge on any atom is 0.0339 e. The monoisotopic (exact) mass is 256 g/mol. The Hall–Kier alpha value is -0.0500. The largest absolute Gasteiger partial charge is 0.298 e. The van der Waals surface area contributed by atoms with Crippen LogP contribution in [0.1, 0.15) is 33.1 Å². The third-order valence-electron chi connectivity index (χ3n) is 4.23. The Balaban J connectivity index is 2.04. The lowest BCUT2D eigenvalue weighted by Gasteiger charge is -2.49. The Labute approximate surface area is 111 Å². The summed E-state index contributed by atoms with van der Waals surface area (Å²) in [5.41, 5.74) is 0. The standard InChI is InChI=1S/C14H25ClN2/c1-11(2)14-10-16-7-5-4-6-13(16)9-17(14)8-12(3)15/h11,13-14H,3-10H2,1-2H3. The van der Waals surface area contributed by atoms with E-state index in [2.05, 4.69) is 30.2 Å². The molecule has 0 aliphatic carbocycles. The first-order valence-corrected chi connectivity index (χ1v) is 7.27. The van der Waals surface area contributed by atoms with Crippen molar-refractivity contribution >= 4 is 11.6 Å². The molecule has 2 fully saturated rings. The second-order valence-corrected chi connectivity index (χ2v) is 6.44. The normalized spacial score (nSPS) is 31.5. The number of halogens is 1. The van der Waals surface area contributed by atoms with E-state index < -0.39 is 0 Å². The van der Waals surface area contributed by atoms with E-state index in [0.29, 0.717) is 12.0 Å². The van der Waals surface area contributed by atoms with Crippen LogP contribution < -0.4 is 0 Å². The molecule has 2 unspecified atom stereocenters. The summed E-state index contributed by atoms with van der Waals surface area (Å²) in [4.78, 5) is 5.24. The SMILES string of the molecule is C=C(Cl)CN1CC2CCCCN2CC1C(C)C. The van der Waals surface area contributed by atoms with Crippen molar-refractivity contribution in [2.75, 3.05) is 26.2 Å². The van der Waals surface area contributed by atoms with E-state index in [9.17, 15) is 0 Å². The van der Waals surface area contributed by atoms with Gasteiger partial charge in [-0.3, -0.25) is 9.80 Å². The van der Waals surface area contributed by atoms with Crippen LogP contribution in [0.3, 0.4) is 0 Å². The Morgan fingerprint density at radius 1 is 1.35 bits per heavy atom. The number of nitrogens with zero attached hydrogens (tertiary/aromatic N) is 2. The molecule has 2 nitrogen and oxygen atoms in total. The Bertz CT molecular complexity index is 277. The topological polar surface area (TPSA) is 6.48 Å². The number of hydrogen-bond donors (Lipinski definition) is 0. The third kappa shape index (κ3) is 3.24. The number of piperidine rings is 1. The predicted molar refractivity (Wildman–Crippen MR) is 74.4 cm³/mol. The smallest absolute Gasteiger partial charge is 0.0339 e. The van der Waals surface area contributed by atoms with Crippen molar-refractivity contribution in [2.45, 2.75) is 45.2 Å². The molecule has 0 saturated carbocycles. The van der Waals surface area contributed by atoms with Crippen LogP contribution in [0.15, 0.2) is 11.6 Å². The van der Waals surface area contributed by atoms with E-state index in [1.54, 1.807) is 0 Å². The van der Waals surface area contributed by atoms with Gasteiger partial charge >= 0.3 is 0 Å². The summed E-state index contributed by atoms with van der Waals surface area (Å²) in [5.74, 6) is 0.689. The van der Waals surface area contributed by atoms with E-state index in [-0.39, 0.29) is 0 Å². The Kier molecular flexibility index (Phi) is 4.51. The van der Waals surface area contributed by atoms with Crippen LogP contribution >= 0.6 is 11.6 Å². The lowest BCUT2D eigenvalue weighted by molar-refractivity contribution is -0.00169. The summed E-state index contributed by atoms with van der Waals surface area (Å²) in [6.45, 7) is 13.0. The number of hydrogen-bond acceptors (Lipinski definition) is 2. The van der Waals surface area contributed by atoms with Crippen LogP contribution in [0.2, 0.25) is 0 Å². The molecule has 0 spiro atoms. The fraction of sp³-hybridized carbons (Fsp3) is 0.857. The van der Waals surface area contributed by atoms with E-state index in [1.807, 2.05) is 0 Å². The van der Waals surface area contributed by atoms with Gasteiger partial charge in [-0.2, -0.15) is 0 Å². The molecule has 2 atom stereocenters. The Morgan fingerprint density at radius 2 is 2.12 bits per heavy atom. The molecule has 3 heteroatoms. The van der Waals surface area contributed by atoms with Gasteiger partial charge in [0.05, 0.1) is 0 Å². The van der Waals surface area contributed by atoms with Gasteiger partial charge in [-0.05, 0) is 25.3 Å². The maximum absolute atomic E-state index is 6.01. The fourth-order valence-corrected chi connectivity index (χ4v) is 3.46. The highest BCUT2D eigenvalue weighted by atomic mass is 35.5. The summed E-state index contributed by atoms with van der Waals surface area (Å²) in [7, 11) is 0. The third-order valence-corrected chi connectivity index (χ3v) is 4.35. The summed E-state index contributed by atoms with van der Waals surface area (Å²) >= 11 is 6.01. The molecule has 0 bridgehead atoms. The summed E-state index contributed by atoms with van der Waals surface area (Å²) < 4.78 is 0. The molecule has 2 saturated heterocycles. The highest BCUT2D eigenvalue weighted by Gasteiger charge is 2.35. The highest BCUT2D eigenvalue weighted by molar-refractivity contribution is 6.29. The van der Waals surface area contributed by atoms with Gasteiger partial charge in [-0.1, -0.05) is 38.4 Å². The maximum atomic E-state index is 6.01. The minimum absolute atomic E-state index is 0.639. The molecule has 0 N–H and O–H groups in total. The van der Waals surface area contributed by atoms with E-state index in [4.69, 9.17) is 11.6 Å². The average Bonchev–Trinajstić information content (AvgIpc) is 2.27. The molecular weight excluding hydrogens is 232 g/mol. The molecule has 0 aromatic carbocycles. The van der Waals surface area contributed by atoms with Gasteiger partial charge in [0.2, 0.25) is 0 Å². The first-order valence-electron chi connectivity index (χ1n) is 6.89. The van der Waals surface area contributed by atoms with Crippen LogP contribution in [0.4, 0.5) is 0 Å². The number of fused-ring (bicyclic) bond motifs is 1. The predicted octanol–water partition coefficient (Wildman–Crippen LogP) is 2.93. The van der Waals surface area contributed by atoms with Gasteiger partial charge in [0, 0.05) is 36.8 Å². The number of piperazine rings is 1. The Morgan fingerprint density at radius 3 is 2.76 bits per heavy atom. The lowest BCUT2D eigenvalue weighted by atomic mass is 9.92. The first kappa shape index (κ1) is 13.4. The van der Waals surface area contributed by atoms with Crippen molar-refractivity contribution in [1.82, 2.24) is 9.80 Å². The first-order chi connectivity index (χ1) is 8.08. The van der Waals surface area contributed by atoms with Crippen LogP contribution in [0.25, 0.3) is 0 Å². The van der Waals surface area contributed by atoms with Gasteiger partial charge in [-0.25, -0.2) is 0 Å². The summed E-state index contributed by atoms with van der Waals surface area (Å²) in [6, 6.07) is 1.40. The summed E-state index contributed by atoms with van der Waals surface area (Å²) in [5, 5.41) is 0.778. The van der Waals surface area contributed by atoms with Gasteiger partial charge < -0.3 is 0 Å². The molecule has 2 aliphatic rings. The van der Waals surface area contributed by atoms with Crippen molar-refractivity contribution in [3.05, 3.63) is 11.6 Å². The molecule has 0 aromatic rings. The molecule has 0 amide bonds. The van der Waals surface area contributed by atoms with E-state index in [1.165, 1.54) is 38.9 Å². The lowest BCUT2D eigenvalue weighted by Crippen LogP contribution is -2.61. The molecule has 0 aromatic heterocycles.